The van der Waals surface area contributed by atoms with E-state index in [4.69, 9.17) is 23.2 Å². The Morgan fingerprint density at radius 1 is 0.950 bits per heavy atom. The number of phenolic OH excluding ortho intramolecular Hbond substituents is 1. The number of thiophene rings is 1. The first kappa shape index (κ1) is 25.7. The van der Waals surface area contributed by atoms with Gasteiger partial charge in [0, 0.05) is 23.2 Å². The number of nitrogens with zero attached hydrogens (tertiary/aromatic N) is 2. The van der Waals surface area contributed by atoms with Crippen molar-refractivity contribution in [3.8, 4) is 5.75 Å². The number of carbonyl (C=O) groups is 4. The van der Waals surface area contributed by atoms with Crippen molar-refractivity contribution in [2.45, 2.75) is 35.1 Å². The lowest BCUT2D eigenvalue weighted by Crippen LogP contribution is -2.60. The van der Waals surface area contributed by atoms with Crippen molar-refractivity contribution in [1.82, 2.24) is 9.80 Å². The Labute approximate surface area is 244 Å². The summed E-state index contributed by atoms with van der Waals surface area (Å²) in [6.45, 7) is 0.196. The molecule has 7 rings (SSSR count). The zero-order valence-electron chi connectivity index (χ0n) is 21.3. The van der Waals surface area contributed by atoms with Crippen LogP contribution in [0.4, 0.5) is 0 Å². The van der Waals surface area contributed by atoms with Crippen LogP contribution in [-0.2, 0) is 25.7 Å². The quantitative estimate of drug-likeness (QED) is 0.267. The molecule has 6 unspecified atom stereocenters. The number of aromatic hydroxyl groups is 1. The van der Waals surface area contributed by atoms with Gasteiger partial charge in [-0.15, -0.1) is 34.5 Å². The van der Waals surface area contributed by atoms with Gasteiger partial charge in [-0.2, -0.15) is 0 Å². The lowest BCUT2D eigenvalue weighted by atomic mass is 9.56. The standard InChI is InChI=1S/C30H24Cl2N2O5S/c1-33-27(38)29(31)13-21-19(8-9-20-23(21)26(37)34(25(20)36)14-15-5-4-12-40-15)24(30(29,32)28(33)39)18-10-11-22(35)17-7-3-2-6-16(17)18/h2-8,10-12,20-21,23-24,35H,9,13-14H2,1H3. The minimum atomic E-state index is -1.86. The van der Waals surface area contributed by atoms with E-state index in [0.29, 0.717) is 22.8 Å². The second kappa shape index (κ2) is 8.65. The highest BCUT2D eigenvalue weighted by Crippen LogP contribution is 2.65. The number of hydrogen-bond acceptors (Lipinski definition) is 6. The molecule has 2 aliphatic carbocycles. The van der Waals surface area contributed by atoms with Crippen LogP contribution < -0.4 is 0 Å². The minimum absolute atomic E-state index is 0.0433. The Bertz CT molecular complexity index is 1670. The monoisotopic (exact) mass is 594 g/mol. The molecule has 0 spiro atoms. The van der Waals surface area contributed by atoms with Crippen LogP contribution in [0.1, 0.15) is 29.2 Å². The van der Waals surface area contributed by atoms with Crippen LogP contribution in [-0.4, -0.2) is 55.3 Å². The molecule has 6 atom stereocenters. The molecule has 10 heteroatoms. The number of fused-ring (bicyclic) bond motifs is 5. The highest BCUT2D eigenvalue weighted by atomic mass is 35.5. The van der Waals surface area contributed by atoms with Gasteiger partial charge < -0.3 is 5.11 Å². The first-order valence-corrected chi connectivity index (χ1v) is 14.7. The number of halogens is 2. The number of rotatable bonds is 3. The van der Waals surface area contributed by atoms with Crippen molar-refractivity contribution in [2.75, 3.05) is 7.05 Å². The lowest BCUT2D eigenvalue weighted by Gasteiger charge is -2.51. The van der Waals surface area contributed by atoms with Gasteiger partial charge in [-0.3, -0.25) is 29.0 Å². The lowest BCUT2D eigenvalue weighted by molar-refractivity contribution is -0.141. The number of likely N-dealkylation sites (tertiary alicyclic amines) is 2. The van der Waals surface area contributed by atoms with Gasteiger partial charge in [0.15, 0.2) is 9.75 Å². The van der Waals surface area contributed by atoms with Crippen LogP contribution in [0.3, 0.4) is 0 Å². The summed E-state index contributed by atoms with van der Waals surface area (Å²) in [5, 5.41) is 13.7. The molecule has 1 N–H and O–H groups in total. The Morgan fingerprint density at radius 2 is 1.70 bits per heavy atom. The number of phenols is 1. The number of allylic oxidation sites excluding steroid dienone is 2. The summed E-state index contributed by atoms with van der Waals surface area (Å²) >= 11 is 16.0. The third-order valence-electron chi connectivity index (χ3n) is 9.25. The molecule has 2 aliphatic heterocycles. The van der Waals surface area contributed by atoms with Crippen molar-refractivity contribution in [2.24, 2.45) is 17.8 Å². The Balaban J connectivity index is 1.42. The first-order valence-electron chi connectivity index (χ1n) is 13.1. The summed E-state index contributed by atoms with van der Waals surface area (Å²) < 4.78 is 0. The number of carbonyl (C=O) groups excluding carboxylic acids is 4. The molecule has 1 aromatic heterocycles. The van der Waals surface area contributed by atoms with E-state index in [2.05, 4.69) is 0 Å². The Hall–Kier alpha value is -3.20. The van der Waals surface area contributed by atoms with Gasteiger partial charge in [-0.25, -0.2) is 0 Å². The molecule has 4 aliphatic rings. The minimum Gasteiger partial charge on any atom is -0.507 e. The second-order valence-corrected chi connectivity index (χ2v) is 13.3. The number of benzene rings is 2. The van der Waals surface area contributed by atoms with E-state index in [9.17, 15) is 24.3 Å². The third-order valence-corrected chi connectivity index (χ3v) is 11.5. The molecule has 204 valence electrons. The fourth-order valence-electron chi connectivity index (χ4n) is 7.43. The average Bonchev–Trinajstić information content (AvgIpc) is 3.59. The van der Waals surface area contributed by atoms with Crippen LogP contribution in [0.25, 0.3) is 10.8 Å². The molecular formula is C30H24Cl2N2O5S. The summed E-state index contributed by atoms with van der Waals surface area (Å²) in [5.74, 6) is -4.42. The van der Waals surface area contributed by atoms with E-state index in [-0.39, 0.29) is 30.5 Å². The first-order chi connectivity index (χ1) is 19.1. The predicted octanol–water partition coefficient (Wildman–Crippen LogP) is 4.80. The summed E-state index contributed by atoms with van der Waals surface area (Å²) in [7, 11) is 1.37. The fourth-order valence-corrected chi connectivity index (χ4v) is 9.13. The summed E-state index contributed by atoms with van der Waals surface area (Å²) in [6, 6.07) is 14.2. The molecule has 7 nitrogen and oxygen atoms in total. The van der Waals surface area contributed by atoms with Crippen LogP contribution in [0, 0.1) is 17.8 Å². The van der Waals surface area contributed by atoms with Gasteiger partial charge in [0.1, 0.15) is 5.75 Å². The van der Waals surface area contributed by atoms with Gasteiger partial charge in [0.25, 0.3) is 11.8 Å². The second-order valence-electron chi connectivity index (χ2n) is 11.1. The molecule has 3 fully saturated rings. The third kappa shape index (κ3) is 3.12. The van der Waals surface area contributed by atoms with E-state index in [1.807, 2.05) is 35.7 Å². The number of amides is 4. The van der Waals surface area contributed by atoms with Crippen LogP contribution in [0.15, 0.2) is 65.6 Å². The van der Waals surface area contributed by atoms with E-state index in [1.54, 1.807) is 24.3 Å². The highest BCUT2D eigenvalue weighted by molar-refractivity contribution is 7.09. The van der Waals surface area contributed by atoms with Crippen LogP contribution in [0.2, 0.25) is 0 Å². The zero-order chi connectivity index (χ0) is 28.1. The molecule has 0 radical (unpaired) electrons. The molecule has 2 saturated heterocycles. The van der Waals surface area contributed by atoms with Crippen molar-refractivity contribution < 1.29 is 24.3 Å². The maximum Gasteiger partial charge on any atom is 0.253 e. The van der Waals surface area contributed by atoms with E-state index >= 15 is 0 Å². The maximum atomic E-state index is 13.9. The van der Waals surface area contributed by atoms with Gasteiger partial charge in [-0.1, -0.05) is 48.0 Å². The van der Waals surface area contributed by atoms with E-state index in [1.165, 1.54) is 23.3 Å². The molecule has 3 aromatic rings. The molecular weight excluding hydrogens is 571 g/mol. The largest absolute Gasteiger partial charge is 0.507 e. The molecule has 2 aromatic carbocycles. The molecule has 0 bridgehead atoms. The average molecular weight is 596 g/mol. The van der Waals surface area contributed by atoms with Gasteiger partial charge in [0.2, 0.25) is 11.8 Å². The highest BCUT2D eigenvalue weighted by Gasteiger charge is 2.76. The Kier molecular flexibility index (Phi) is 5.57. The van der Waals surface area contributed by atoms with Crippen LogP contribution >= 0.6 is 34.5 Å². The fraction of sp³-hybridized carbons (Fsp3) is 0.333. The van der Waals surface area contributed by atoms with E-state index in [0.717, 1.165) is 15.4 Å². The molecule has 1 saturated carbocycles. The SMILES string of the molecule is CN1C(=O)C2(Cl)CC3C(=CCC4C(=O)N(Cc5cccs5)C(=O)C43)C(c3ccc(O)c4ccccc34)C2(Cl)C1=O. The van der Waals surface area contributed by atoms with Crippen molar-refractivity contribution >= 4 is 68.9 Å². The van der Waals surface area contributed by atoms with Gasteiger partial charge >= 0.3 is 0 Å². The Morgan fingerprint density at radius 3 is 2.42 bits per heavy atom. The number of hydrogen-bond donors (Lipinski definition) is 1. The molecule has 40 heavy (non-hydrogen) atoms. The number of imide groups is 2. The summed E-state index contributed by atoms with van der Waals surface area (Å²) in [6.07, 6.45) is 2.20. The number of alkyl halides is 2. The van der Waals surface area contributed by atoms with Crippen molar-refractivity contribution in [3.05, 3.63) is 76.0 Å². The zero-order valence-corrected chi connectivity index (χ0v) is 23.7. The molecule has 3 heterocycles. The predicted molar refractivity (Wildman–Crippen MR) is 151 cm³/mol. The molecule has 4 amide bonds. The maximum absolute atomic E-state index is 13.9. The van der Waals surface area contributed by atoms with Crippen molar-refractivity contribution in [1.29, 1.82) is 0 Å². The summed E-state index contributed by atoms with van der Waals surface area (Å²) in [5.41, 5.74) is 1.37. The van der Waals surface area contributed by atoms with Gasteiger partial charge in [0.05, 0.1) is 18.4 Å². The summed E-state index contributed by atoms with van der Waals surface area (Å²) in [4.78, 5) is 54.4. The van der Waals surface area contributed by atoms with Crippen LogP contribution in [0.5, 0.6) is 5.75 Å². The van der Waals surface area contributed by atoms with Gasteiger partial charge in [-0.05, 0) is 47.2 Å². The topological polar surface area (TPSA) is 95.0 Å². The van der Waals surface area contributed by atoms with E-state index < -0.39 is 45.2 Å². The van der Waals surface area contributed by atoms with Crippen molar-refractivity contribution in [3.63, 3.8) is 0 Å². The smallest absolute Gasteiger partial charge is 0.253 e. The normalized spacial score (nSPS) is 33.3.